The third-order valence-electron chi connectivity index (χ3n) is 5.37. The maximum absolute atomic E-state index is 13.6. The quantitative estimate of drug-likeness (QED) is 0.291. The molecule has 1 aliphatic rings. The summed E-state index contributed by atoms with van der Waals surface area (Å²) in [5, 5.41) is 15.6. The van der Waals surface area contributed by atoms with E-state index in [-0.39, 0.29) is 135 Å². The smallest absolute Gasteiger partial charge is 0.869 e. The van der Waals surface area contributed by atoms with Crippen molar-refractivity contribution >= 4 is 43.2 Å². The van der Waals surface area contributed by atoms with E-state index in [1.54, 1.807) is 0 Å². The largest absolute Gasteiger partial charge is 1.00 e. The van der Waals surface area contributed by atoms with Crippen LogP contribution in [0.1, 0.15) is 28.9 Å². The first-order valence-electron chi connectivity index (χ1n) is 10.2. The normalized spacial score (nSPS) is 15.5. The summed E-state index contributed by atoms with van der Waals surface area (Å²) in [6, 6.07) is 6.14. The second kappa shape index (κ2) is 14.1. The number of benzene rings is 1. The Bertz CT molecular complexity index is 1400. The van der Waals surface area contributed by atoms with Crippen molar-refractivity contribution in [3.8, 4) is 5.75 Å². The number of halogens is 1. The Labute approximate surface area is 282 Å². The van der Waals surface area contributed by atoms with Crippen LogP contribution >= 0.6 is 10.8 Å². The van der Waals surface area contributed by atoms with Gasteiger partial charge in [-0.25, -0.2) is 17.8 Å². The maximum Gasteiger partial charge on any atom is 1.00 e. The summed E-state index contributed by atoms with van der Waals surface area (Å²) >= 11 is 0. The van der Waals surface area contributed by atoms with Gasteiger partial charge in [-0.1, -0.05) is 6.07 Å². The first kappa shape index (κ1) is 35.0. The van der Waals surface area contributed by atoms with Crippen molar-refractivity contribution in [1.29, 1.82) is 0 Å². The summed E-state index contributed by atoms with van der Waals surface area (Å²) < 4.78 is 63.9. The zero-order chi connectivity index (χ0) is 24.7. The fourth-order valence-electron chi connectivity index (χ4n) is 3.75. The number of amides is 1. The van der Waals surface area contributed by atoms with Crippen LogP contribution in [0.25, 0.3) is 10.9 Å². The third kappa shape index (κ3) is 7.81. The number of pyridine rings is 2. The van der Waals surface area contributed by atoms with Gasteiger partial charge in [0, 0.05) is 30.9 Å². The van der Waals surface area contributed by atoms with Crippen LogP contribution in [0.4, 0.5) is 10.2 Å². The monoisotopic (exact) mass is 576 g/mol. The minimum atomic E-state index is -3.79. The molecule has 0 unspecified atom stereocenters. The number of nitrogens with one attached hydrogen (secondary N) is 1. The van der Waals surface area contributed by atoms with Crippen molar-refractivity contribution in [3.05, 3.63) is 53.6 Å². The molecule has 2 aromatic heterocycles. The molecule has 1 fully saturated rings. The maximum atomic E-state index is 13.6. The zero-order valence-corrected chi connectivity index (χ0v) is 28.6. The van der Waals surface area contributed by atoms with Crippen LogP contribution in [0.2, 0.25) is 0 Å². The Hall–Kier alpha value is 0. The summed E-state index contributed by atoms with van der Waals surface area (Å²) in [6.45, 7) is -0.188. The average molecular weight is 577 g/mol. The molecule has 4 rings (SSSR count). The minimum absolute atomic E-state index is 0. The molecular weight excluding hydrogens is 556 g/mol. The topological polar surface area (TPSA) is 161 Å². The van der Waals surface area contributed by atoms with Gasteiger partial charge in [-0.3, -0.25) is 9.78 Å². The van der Waals surface area contributed by atoms with E-state index in [0.29, 0.717) is 12.8 Å². The molecule has 1 aromatic carbocycles. The number of nitrogens with zero attached hydrogens (tertiary/aromatic N) is 3. The third-order valence-corrected chi connectivity index (χ3v) is 8.38. The summed E-state index contributed by atoms with van der Waals surface area (Å²) in [6.07, 6.45) is 3.33. The van der Waals surface area contributed by atoms with E-state index >= 15 is 0 Å². The van der Waals surface area contributed by atoms with Crippen molar-refractivity contribution in [1.82, 2.24) is 15.3 Å². The molecule has 182 valence electrons. The van der Waals surface area contributed by atoms with Gasteiger partial charge >= 0.3 is 88.7 Å². The molecule has 1 aliphatic heterocycles. The Morgan fingerprint density at radius 2 is 1.89 bits per heavy atom. The molecule has 1 amide bonds. The summed E-state index contributed by atoms with van der Waals surface area (Å²) in [5.74, 6) is -2.65. The molecule has 0 spiro atoms. The van der Waals surface area contributed by atoms with Crippen molar-refractivity contribution in [2.75, 3.05) is 22.9 Å². The van der Waals surface area contributed by atoms with E-state index in [1.807, 2.05) is 0 Å². The van der Waals surface area contributed by atoms with Gasteiger partial charge in [0.1, 0.15) is 11.5 Å². The van der Waals surface area contributed by atoms with Crippen molar-refractivity contribution in [3.63, 3.8) is 0 Å². The van der Waals surface area contributed by atoms with Gasteiger partial charge in [0.25, 0.3) is 5.91 Å². The van der Waals surface area contributed by atoms with Crippen LogP contribution in [0, 0.1) is 5.82 Å². The predicted octanol–water partition coefficient (Wildman–Crippen LogP) is -7.23. The van der Waals surface area contributed by atoms with Crippen molar-refractivity contribution in [2.24, 2.45) is 0 Å². The number of rotatable bonds is 5. The number of carbonyl (C=O) groups is 1. The van der Waals surface area contributed by atoms with Crippen LogP contribution in [0.3, 0.4) is 0 Å². The fourth-order valence-corrected chi connectivity index (χ4v) is 6.29. The van der Waals surface area contributed by atoms with E-state index in [4.69, 9.17) is 0 Å². The van der Waals surface area contributed by atoms with Gasteiger partial charge in [0.15, 0.2) is 15.7 Å². The first-order chi connectivity index (χ1) is 16.0. The Morgan fingerprint density at radius 3 is 2.54 bits per heavy atom. The molecule has 0 aliphatic carbocycles. The number of sulfone groups is 1. The predicted molar refractivity (Wildman–Crippen MR) is 120 cm³/mol. The molecule has 0 bridgehead atoms. The van der Waals surface area contributed by atoms with E-state index in [1.165, 1.54) is 24.4 Å². The van der Waals surface area contributed by atoms with Gasteiger partial charge in [-0.2, -0.15) is 0 Å². The average Bonchev–Trinajstić information content (AvgIpc) is 2.78. The molecule has 10 nitrogen and oxygen atoms in total. The Morgan fingerprint density at radius 1 is 1.19 bits per heavy atom. The second-order valence-electron chi connectivity index (χ2n) is 7.81. The molecule has 3 heterocycles. The summed E-state index contributed by atoms with van der Waals surface area (Å²) in [4.78, 5) is 20.8. The minimum Gasteiger partial charge on any atom is -0.869 e. The summed E-state index contributed by atoms with van der Waals surface area (Å²) in [7, 11) is -7.49. The summed E-state index contributed by atoms with van der Waals surface area (Å²) in [5.41, 5.74) is -0.579. The molecule has 3 aromatic rings. The molecule has 37 heavy (non-hydrogen) atoms. The van der Waals surface area contributed by atoms with Crippen LogP contribution < -0.4 is 103 Å². The molecule has 0 radical (unpaired) electrons. The number of carbonyl (C=O) groups excluding carboxylic acids is 1. The molecule has 0 atom stereocenters. The van der Waals surface area contributed by atoms with Crippen LogP contribution in [0.5, 0.6) is 5.75 Å². The van der Waals surface area contributed by atoms with Crippen molar-refractivity contribution in [2.45, 2.75) is 24.3 Å². The van der Waals surface area contributed by atoms with E-state index in [2.05, 4.69) is 15.3 Å². The van der Waals surface area contributed by atoms with E-state index in [9.17, 15) is 31.8 Å². The number of anilines is 1. The van der Waals surface area contributed by atoms with Gasteiger partial charge in [-0.05, 0) is 54.2 Å². The number of hydrogen-bond donors (Lipinski definition) is 1. The Balaban J connectivity index is 0.00000228. The van der Waals surface area contributed by atoms with Crippen molar-refractivity contribution < 1.29 is 120 Å². The van der Waals surface area contributed by atoms with Gasteiger partial charge < -0.3 is 34.6 Å². The number of aromatic nitrogens is 2. The fraction of sp³-hybridized carbons (Fsp3) is 0.286. The number of hydrogen-bond acceptors (Lipinski definition) is 9. The molecular formula is C21H20FN4Na3O6S2. The first-order valence-corrected chi connectivity index (χ1v) is 13.7. The zero-order valence-electron chi connectivity index (χ0n) is 21.0. The van der Waals surface area contributed by atoms with E-state index < -0.39 is 43.8 Å². The van der Waals surface area contributed by atoms with Crippen LogP contribution in [-0.4, -0.2) is 52.0 Å². The van der Waals surface area contributed by atoms with Crippen LogP contribution in [-0.2, 0) is 16.4 Å². The Kier molecular flexibility index (Phi) is 13.3. The van der Waals surface area contributed by atoms with Crippen LogP contribution in [0.15, 0.2) is 41.4 Å². The second-order valence-corrected chi connectivity index (χ2v) is 11.8. The molecule has 16 heteroatoms. The molecule has 0 saturated carbocycles. The number of sulfonamides is 1. The van der Waals surface area contributed by atoms with Gasteiger partial charge in [-0.15, -0.1) is 0 Å². The van der Waals surface area contributed by atoms with E-state index in [0.717, 1.165) is 22.7 Å². The molecule has 1 N–H and O–H groups in total. The SMILES string of the molecule is CS(=O)(=O)c1cc(F)ccc1CNC(=O)c1nc(N2CCCCS2([O-])[O-])c2cccnc2c1[O-].[Na+].[Na+].[Na+]. The molecule has 1 saturated heterocycles. The van der Waals surface area contributed by atoms with Gasteiger partial charge in [0.05, 0.1) is 10.4 Å². The van der Waals surface area contributed by atoms with Gasteiger partial charge in [0.2, 0.25) is 0 Å². The number of fused-ring (bicyclic) bond motifs is 1. The standard InChI is InChI=1S/C21H23FN4O6S2.3Na/c1-33(29,30)16-11-14(22)7-6-13(16)12-24-21(28)18-19(27)17-15(5-4-8-23-17)20(25-18)26-9-2-3-10-34(26,31)32;;;/h4-8,11,27,31-32H,2-3,9-10,12H2,1H3,(H,24,28);;;/q;3*+1/p-3.